The Morgan fingerprint density at radius 3 is 2.06 bits per heavy atom. The number of methoxy groups -OCH3 is 1. The molecule has 9 unspecified atom stereocenters. The van der Waals surface area contributed by atoms with Gasteiger partial charge in [0, 0.05) is 0 Å². The second-order valence-corrected chi connectivity index (χ2v) is 17.2. The number of rotatable bonds is 11. The first-order valence-corrected chi connectivity index (χ1v) is 20.0. The van der Waals surface area contributed by atoms with Crippen LogP contribution in [0.15, 0.2) is 0 Å². The topological polar surface area (TPSA) is 107 Å². The Bertz CT molecular complexity index is 1060. The van der Waals surface area contributed by atoms with Crippen LogP contribution < -0.4 is 0 Å². The molecule has 9 atom stereocenters. The third-order valence-corrected chi connectivity index (χ3v) is 13.8. The SMILES string of the molecule is COC(=O)OC1(C(C)C)CCCC(COC(=O)OC(C)C2CC3CCCC(C2)C3CC(C)C(OC(=O)OI)C2CC3CCCC(C3)C2)C1. The van der Waals surface area contributed by atoms with Crippen LogP contribution in [0.4, 0.5) is 14.4 Å². The van der Waals surface area contributed by atoms with Gasteiger partial charge < -0.3 is 26.8 Å². The third kappa shape index (κ3) is 9.45. The van der Waals surface area contributed by atoms with E-state index in [-0.39, 0.29) is 36.6 Å². The average Bonchev–Trinajstić information content (AvgIpc) is 3.05. The zero-order chi connectivity index (χ0) is 34.4. The molecule has 10 heteroatoms. The van der Waals surface area contributed by atoms with Gasteiger partial charge in [-0.25, -0.2) is 14.4 Å². The van der Waals surface area contributed by atoms with Gasteiger partial charge in [0.2, 0.25) is 0 Å². The highest BCUT2D eigenvalue weighted by Gasteiger charge is 2.46. The van der Waals surface area contributed by atoms with Crippen LogP contribution in [0.1, 0.15) is 130 Å². The Balaban J connectivity index is 1.13. The van der Waals surface area contributed by atoms with E-state index in [1.54, 1.807) is 23.0 Å². The molecule has 9 nitrogen and oxygen atoms in total. The first kappa shape index (κ1) is 37.8. The van der Waals surface area contributed by atoms with E-state index >= 15 is 0 Å². The van der Waals surface area contributed by atoms with Crippen molar-refractivity contribution in [2.75, 3.05) is 13.7 Å². The van der Waals surface area contributed by atoms with Gasteiger partial charge in [0.1, 0.15) is 17.8 Å². The molecule has 5 aliphatic rings. The fourth-order valence-corrected chi connectivity index (χ4v) is 11.1. The van der Waals surface area contributed by atoms with Crippen LogP contribution >= 0.6 is 23.0 Å². The number of ether oxygens (including phenoxy) is 5. The Hall–Kier alpha value is -1.46. The summed E-state index contributed by atoms with van der Waals surface area (Å²) in [5.74, 6) is 4.59. The molecule has 5 rings (SSSR count). The van der Waals surface area contributed by atoms with Gasteiger partial charge in [-0.1, -0.05) is 59.3 Å². The van der Waals surface area contributed by atoms with E-state index < -0.39 is 24.1 Å². The van der Waals surface area contributed by atoms with E-state index in [1.807, 2.05) is 6.92 Å². The van der Waals surface area contributed by atoms with Crippen molar-refractivity contribution < 1.29 is 41.1 Å². The predicted octanol–water partition coefficient (Wildman–Crippen LogP) is 10.5. The van der Waals surface area contributed by atoms with Crippen LogP contribution in [0, 0.1) is 59.2 Å². The van der Waals surface area contributed by atoms with Crippen molar-refractivity contribution >= 4 is 41.5 Å². The van der Waals surface area contributed by atoms with E-state index in [4.69, 9.17) is 26.8 Å². The van der Waals surface area contributed by atoms with Crippen molar-refractivity contribution in [1.29, 1.82) is 0 Å². The van der Waals surface area contributed by atoms with Gasteiger partial charge in [-0.05, 0) is 130 Å². The minimum Gasteiger partial charge on any atom is -0.438 e. The first-order chi connectivity index (χ1) is 23.0. The highest BCUT2D eigenvalue weighted by atomic mass is 127. The summed E-state index contributed by atoms with van der Waals surface area (Å²) in [6.45, 7) is 8.71. The fourth-order valence-electron chi connectivity index (χ4n) is 11.0. The van der Waals surface area contributed by atoms with Crippen LogP contribution in [-0.2, 0) is 26.8 Å². The molecular weight excluding hydrogens is 727 g/mol. The molecule has 0 aliphatic heterocycles. The fraction of sp³-hybridized carbons (Fsp3) is 0.921. The van der Waals surface area contributed by atoms with Gasteiger partial charge >= 0.3 is 18.5 Å². The summed E-state index contributed by atoms with van der Waals surface area (Å²) in [7, 11) is 1.33. The Morgan fingerprint density at radius 1 is 0.771 bits per heavy atom. The monoisotopic (exact) mass is 788 g/mol. The molecule has 0 amide bonds. The number of carbonyl (C=O) groups excluding carboxylic acids is 3. The lowest BCUT2D eigenvalue weighted by Gasteiger charge is -2.49. The molecule has 0 aromatic heterocycles. The molecular formula is C38H61IO9. The van der Waals surface area contributed by atoms with Gasteiger partial charge in [-0.3, -0.25) is 0 Å². The maximum atomic E-state index is 12.9. The van der Waals surface area contributed by atoms with Crippen LogP contribution in [-0.4, -0.2) is 50.0 Å². The minimum absolute atomic E-state index is 0.0898. The summed E-state index contributed by atoms with van der Waals surface area (Å²) in [5.41, 5.74) is -0.606. The average molecular weight is 789 g/mol. The second kappa shape index (κ2) is 17.2. The molecule has 0 radical (unpaired) electrons. The molecule has 4 bridgehead atoms. The van der Waals surface area contributed by atoms with Crippen molar-refractivity contribution in [1.82, 2.24) is 0 Å². The highest BCUT2D eigenvalue weighted by Crippen LogP contribution is 2.52. The predicted molar refractivity (Wildman–Crippen MR) is 189 cm³/mol. The van der Waals surface area contributed by atoms with Crippen LogP contribution in [0.3, 0.4) is 0 Å². The quantitative estimate of drug-likeness (QED) is 0.115. The molecule has 274 valence electrons. The maximum Gasteiger partial charge on any atom is 0.518 e. The van der Waals surface area contributed by atoms with E-state index in [0.717, 1.165) is 50.4 Å². The summed E-state index contributed by atoms with van der Waals surface area (Å²) in [6.07, 6.45) is 15.7. The number of carbonyl (C=O) groups is 3. The highest BCUT2D eigenvalue weighted by molar-refractivity contribution is 14.1. The standard InChI is InChI=1S/C38H61IO9/c1-23(2)38(47-35(40)43-5)14-8-11-28(21-38)22-44-36(41)45-25(4)31-19-29-12-7-13-30(20-31)33(29)15-24(3)34(46-37(42)48-39)32-17-26-9-6-10-27(16-26)18-32/h23-34H,6-22H2,1-5H3. The molecule has 48 heavy (non-hydrogen) atoms. The van der Waals surface area contributed by atoms with Crippen LogP contribution in [0.2, 0.25) is 0 Å². The summed E-state index contributed by atoms with van der Waals surface area (Å²) in [6, 6.07) is 0. The summed E-state index contributed by atoms with van der Waals surface area (Å²) in [4.78, 5) is 37.3. The van der Waals surface area contributed by atoms with Gasteiger partial charge in [0.25, 0.3) is 0 Å². The summed E-state index contributed by atoms with van der Waals surface area (Å²) in [5, 5.41) is 0. The van der Waals surface area contributed by atoms with Crippen molar-refractivity contribution in [3.8, 4) is 0 Å². The van der Waals surface area contributed by atoms with Crippen LogP contribution in [0.25, 0.3) is 0 Å². The number of hydrogen-bond acceptors (Lipinski definition) is 9. The second-order valence-electron chi connectivity index (χ2n) is 16.7. The smallest absolute Gasteiger partial charge is 0.438 e. The lowest BCUT2D eigenvalue weighted by atomic mass is 9.58. The Morgan fingerprint density at radius 2 is 1.44 bits per heavy atom. The molecule has 5 saturated carbocycles. The van der Waals surface area contributed by atoms with Gasteiger partial charge in [0.15, 0.2) is 23.0 Å². The lowest BCUT2D eigenvalue weighted by molar-refractivity contribution is -0.0959. The van der Waals surface area contributed by atoms with Gasteiger partial charge in [-0.15, -0.1) is 0 Å². The van der Waals surface area contributed by atoms with Crippen molar-refractivity contribution in [3.05, 3.63) is 0 Å². The third-order valence-electron chi connectivity index (χ3n) is 13.4. The van der Waals surface area contributed by atoms with Crippen molar-refractivity contribution in [2.24, 2.45) is 59.2 Å². The molecule has 0 N–H and O–H groups in total. The number of fused-ring (bicyclic) bond motifs is 4. The van der Waals surface area contributed by atoms with E-state index in [9.17, 15) is 14.4 Å². The van der Waals surface area contributed by atoms with Crippen molar-refractivity contribution in [2.45, 2.75) is 148 Å². The van der Waals surface area contributed by atoms with E-state index in [0.29, 0.717) is 36.0 Å². The Kier molecular flexibility index (Phi) is 13.5. The van der Waals surface area contributed by atoms with E-state index in [1.165, 1.54) is 64.9 Å². The molecule has 0 spiro atoms. The van der Waals surface area contributed by atoms with E-state index in [2.05, 4.69) is 20.8 Å². The first-order valence-electron chi connectivity index (χ1n) is 19.1. The largest absolute Gasteiger partial charge is 0.518 e. The summed E-state index contributed by atoms with van der Waals surface area (Å²) < 4.78 is 33.2. The maximum absolute atomic E-state index is 12.9. The van der Waals surface area contributed by atoms with Crippen LogP contribution in [0.5, 0.6) is 0 Å². The lowest BCUT2D eigenvalue weighted by Crippen LogP contribution is -2.45. The summed E-state index contributed by atoms with van der Waals surface area (Å²) >= 11 is 1.65. The normalized spacial score (nSPS) is 36.6. The van der Waals surface area contributed by atoms with Gasteiger partial charge in [0.05, 0.1) is 13.7 Å². The number of hydrogen-bond donors (Lipinski definition) is 0. The van der Waals surface area contributed by atoms with Gasteiger partial charge in [-0.2, -0.15) is 0 Å². The molecule has 0 heterocycles. The zero-order valence-electron chi connectivity index (χ0n) is 30.0. The molecule has 5 aliphatic carbocycles. The molecule has 5 fully saturated rings. The zero-order valence-corrected chi connectivity index (χ0v) is 32.2. The Labute approximate surface area is 302 Å². The van der Waals surface area contributed by atoms with Crippen molar-refractivity contribution in [3.63, 3.8) is 0 Å². The minimum atomic E-state index is -0.659. The molecule has 0 aromatic carbocycles. The molecule has 0 aromatic rings. The molecule has 0 saturated heterocycles. The number of halogens is 1.